The zero-order valence-electron chi connectivity index (χ0n) is 8.17. The number of nitrogens with one attached hydrogen (secondary N) is 1. The van der Waals surface area contributed by atoms with Crippen LogP contribution in [0.15, 0.2) is 18.2 Å². The number of hydrogen-bond acceptors (Lipinski definition) is 3. The molecule has 0 amide bonds. The molecule has 0 spiro atoms. The molecule has 0 fully saturated rings. The van der Waals surface area contributed by atoms with Gasteiger partial charge >= 0.3 is 0 Å². The van der Waals surface area contributed by atoms with Crippen molar-refractivity contribution in [2.45, 2.75) is 0 Å². The van der Waals surface area contributed by atoms with Crippen LogP contribution in [-0.2, 0) is 4.74 Å². The molecule has 0 unspecified atom stereocenters. The Morgan fingerprint density at radius 1 is 1.40 bits per heavy atom. The first-order valence-corrected chi connectivity index (χ1v) is 4.99. The van der Waals surface area contributed by atoms with Gasteiger partial charge in [0.05, 0.1) is 30.5 Å². The van der Waals surface area contributed by atoms with E-state index in [-0.39, 0.29) is 12.4 Å². The number of rotatable bonds is 6. The van der Waals surface area contributed by atoms with Crippen LogP contribution in [0.1, 0.15) is 0 Å². The predicted molar refractivity (Wildman–Crippen MR) is 57.8 cm³/mol. The van der Waals surface area contributed by atoms with Crippen LogP contribution in [0.2, 0.25) is 5.02 Å². The third kappa shape index (κ3) is 4.46. The standard InChI is InChI=1S/C10H13ClFNO2/c11-9-7-8(12)1-2-10(9)13-3-5-15-6-4-14/h1-2,7,13-14H,3-6H2. The summed E-state index contributed by atoms with van der Waals surface area (Å²) in [5.74, 6) is -0.359. The average molecular weight is 234 g/mol. The molecule has 0 aromatic heterocycles. The van der Waals surface area contributed by atoms with E-state index in [1.54, 1.807) is 6.07 Å². The van der Waals surface area contributed by atoms with Crippen LogP contribution < -0.4 is 5.32 Å². The topological polar surface area (TPSA) is 41.5 Å². The lowest BCUT2D eigenvalue weighted by atomic mass is 10.3. The molecule has 1 aromatic rings. The van der Waals surface area contributed by atoms with Crippen molar-refractivity contribution in [3.05, 3.63) is 29.0 Å². The zero-order valence-corrected chi connectivity index (χ0v) is 8.93. The molecular formula is C10H13ClFNO2. The van der Waals surface area contributed by atoms with E-state index in [2.05, 4.69) is 5.32 Å². The van der Waals surface area contributed by atoms with Gasteiger partial charge in [-0.3, -0.25) is 0 Å². The number of ether oxygens (including phenoxy) is 1. The number of aliphatic hydroxyl groups is 1. The summed E-state index contributed by atoms with van der Waals surface area (Å²) in [4.78, 5) is 0. The first kappa shape index (κ1) is 12.2. The second kappa shape index (κ2) is 6.61. The first-order valence-electron chi connectivity index (χ1n) is 4.61. The molecule has 15 heavy (non-hydrogen) atoms. The van der Waals surface area contributed by atoms with Crippen molar-refractivity contribution in [1.82, 2.24) is 0 Å². The summed E-state index contributed by atoms with van der Waals surface area (Å²) in [6, 6.07) is 4.16. The Hall–Kier alpha value is -0.840. The molecule has 0 radical (unpaired) electrons. The fraction of sp³-hybridized carbons (Fsp3) is 0.400. The van der Waals surface area contributed by atoms with Crippen molar-refractivity contribution in [2.75, 3.05) is 31.7 Å². The molecule has 0 heterocycles. The Balaban J connectivity index is 2.31. The van der Waals surface area contributed by atoms with Crippen molar-refractivity contribution in [3.63, 3.8) is 0 Å². The minimum Gasteiger partial charge on any atom is -0.394 e. The van der Waals surface area contributed by atoms with Gasteiger partial charge in [0.1, 0.15) is 5.82 Å². The normalized spacial score (nSPS) is 10.3. The van der Waals surface area contributed by atoms with Crippen molar-refractivity contribution < 1.29 is 14.2 Å². The lowest BCUT2D eigenvalue weighted by Gasteiger charge is -2.08. The summed E-state index contributed by atoms with van der Waals surface area (Å²) in [5.41, 5.74) is 0.672. The summed E-state index contributed by atoms with van der Waals surface area (Å²) >= 11 is 5.79. The average Bonchev–Trinajstić information content (AvgIpc) is 2.20. The minimum atomic E-state index is -0.359. The van der Waals surface area contributed by atoms with Crippen molar-refractivity contribution in [3.8, 4) is 0 Å². The lowest BCUT2D eigenvalue weighted by Crippen LogP contribution is -2.11. The molecule has 0 saturated carbocycles. The van der Waals surface area contributed by atoms with Gasteiger partial charge in [-0.05, 0) is 18.2 Å². The summed E-state index contributed by atoms with van der Waals surface area (Å²) in [6.45, 7) is 1.36. The highest BCUT2D eigenvalue weighted by atomic mass is 35.5. The van der Waals surface area contributed by atoms with E-state index >= 15 is 0 Å². The SMILES string of the molecule is OCCOCCNc1ccc(F)cc1Cl. The maximum Gasteiger partial charge on any atom is 0.124 e. The Labute approximate surface area is 92.8 Å². The minimum absolute atomic E-state index is 0.0112. The number of hydrogen-bond donors (Lipinski definition) is 2. The van der Waals surface area contributed by atoms with Gasteiger partial charge in [0.2, 0.25) is 0 Å². The molecule has 0 aliphatic carbocycles. The van der Waals surface area contributed by atoms with E-state index < -0.39 is 0 Å². The molecule has 1 rings (SSSR count). The molecule has 0 bridgehead atoms. The van der Waals surface area contributed by atoms with E-state index in [4.69, 9.17) is 21.4 Å². The molecule has 0 aliphatic rings. The van der Waals surface area contributed by atoms with Gasteiger partial charge in [-0.1, -0.05) is 11.6 Å². The van der Waals surface area contributed by atoms with Crippen molar-refractivity contribution in [2.24, 2.45) is 0 Å². The van der Waals surface area contributed by atoms with Gasteiger partial charge in [0, 0.05) is 6.54 Å². The number of halogens is 2. The smallest absolute Gasteiger partial charge is 0.124 e. The predicted octanol–water partition coefficient (Wildman–Crippen LogP) is 1.90. The largest absolute Gasteiger partial charge is 0.394 e. The fourth-order valence-corrected chi connectivity index (χ4v) is 1.29. The molecule has 0 saturated heterocycles. The second-order valence-corrected chi connectivity index (χ2v) is 3.29. The fourth-order valence-electron chi connectivity index (χ4n) is 1.06. The van der Waals surface area contributed by atoms with Crippen LogP contribution in [0.5, 0.6) is 0 Å². The number of aliphatic hydroxyl groups excluding tert-OH is 1. The molecule has 3 nitrogen and oxygen atoms in total. The lowest BCUT2D eigenvalue weighted by molar-refractivity contribution is 0.0992. The quantitative estimate of drug-likeness (QED) is 0.738. The molecule has 5 heteroatoms. The van der Waals surface area contributed by atoms with Crippen LogP contribution in [0.3, 0.4) is 0 Å². The van der Waals surface area contributed by atoms with Crippen LogP contribution in [0.4, 0.5) is 10.1 Å². The first-order chi connectivity index (χ1) is 7.24. The van der Waals surface area contributed by atoms with Crippen LogP contribution >= 0.6 is 11.6 Å². The Bertz CT molecular complexity index is 309. The van der Waals surface area contributed by atoms with E-state index in [0.717, 1.165) is 0 Å². The molecular weight excluding hydrogens is 221 g/mol. The third-order valence-corrected chi connectivity index (χ3v) is 2.04. The van der Waals surface area contributed by atoms with E-state index in [0.29, 0.717) is 30.5 Å². The molecule has 2 N–H and O–H groups in total. The highest BCUT2D eigenvalue weighted by Gasteiger charge is 2.00. The second-order valence-electron chi connectivity index (χ2n) is 2.89. The van der Waals surface area contributed by atoms with Crippen molar-refractivity contribution in [1.29, 1.82) is 0 Å². The maximum atomic E-state index is 12.7. The van der Waals surface area contributed by atoms with Gasteiger partial charge in [0.25, 0.3) is 0 Å². The molecule has 0 aliphatic heterocycles. The summed E-state index contributed by atoms with van der Waals surface area (Å²) < 4.78 is 17.7. The summed E-state index contributed by atoms with van der Waals surface area (Å²) in [7, 11) is 0. The van der Waals surface area contributed by atoms with Crippen molar-refractivity contribution >= 4 is 17.3 Å². The Kier molecular flexibility index (Phi) is 5.39. The molecule has 0 atom stereocenters. The number of anilines is 1. The van der Waals surface area contributed by atoms with Crippen LogP contribution in [-0.4, -0.2) is 31.5 Å². The van der Waals surface area contributed by atoms with Gasteiger partial charge in [-0.15, -0.1) is 0 Å². The summed E-state index contributed by atoms with van der Waals surface area (Å²) in [5, 5.41) is 11.8. The number of benzene rings is 1. The van der Waals surface area contributed by atoms with Crippen LogP contribution in [0, 0.1) is 5.82 Å². The third-order valence-electron chi connectivity index (χ3n) is 1.73. The van der Waals surface area contributed by atoms with E-state index in [1.165, 1.54) is 12.1 Å². The van der Waals surface area contributed by atoms with E-state index in [1.807, 2.05) is 0 Å². The molecule has 1 aromatic carbocycles. The highest BCUT2D eigenvalue weighted by Crippen LogP contribution is 2.21. The van der Waals surface area contributed by atoms with Gasteiger partial charge in [-0.2, -0.15) is 0 Å². The maximum absolute atomic E-state index is 12.7. The van der Waals surface area contributed by atoms with Gasteiger partial charge < -0.3 is 15.2 Å². The zero-order chi connectivity index (χ0) is 11.1. The van der Waals surface area contributed by atoms with Gasteiger partial charge in [-0.25, -0.2) is 4.39 Å². The highest BCUT2D eigenvalue weighted by molar-refractivity contribution is 6.33. The van der Waals surface area contributed by atoms with Gasteiger partial charge in [0.15, 0.2) is 0 Å². The van der Waals surface area contributed by atoms with Crippen LogP contribution in [0.25, 0.3) is 0 Å². The Morgan fingerprint density at radius 3 is 2.87 bits per heavy atom. The summed E-state index contributed by atoms with van der Waals surface area (Å²) in [6.07, 6.45) is 0. The Morgan fingerprint density at radius 2 is 2.20 bits per heavy atom. The monoisotopic (exact) mass is 233 g/mol. The molecule has 84 valence electrons. The van der Waals surface area contributed by atoms with E-state index in [9.17, 15) is 4.39 Å².